The quantitative estimate of drug-likeness (QED) is 0.199. The van der Waals surface area contributed by atoms with Crippen molar-refractivity contribution in [2.75, 3.05) is 5.73 Å². The van der Waals surface area contributed by atoms with Crippen LogP contribution in [-0.4, -0.2) is 4.92 Å². The van der Waals surface area contributed by atoms with E-state index in [0.717, 1.165) is 16.0 Å². The van der Waals surface area contributed by atoms with Gasteiger partial charge in [-0.1, -0.05) is 23.7 Å². The Hall–Kier alpha value is -3.63. The average molecular weight is 369 g/mol. The lowest BCUT2D eigenvalue weighted by Gasteiger charge is -2.02. The first-order valence-electron chi connectivity index (χ1n) is 7.90. The monoisotopic (exact) mass is 369 g/mol. The molecule has 0 saturated carbocycles. The summed E-state index contributed by atoms with van der Waals surface area (Å²) < 4.78 is 0. The molecule has 0 spiro atoms. The van der Waals surface area contributed by atoms with Crippen LogP contribution in [0.3, 0.4) is 0 Å². The predicted octanol–water partition coefficient (Wildman–Crippen LogP) is 4.07. The molecule has 2 aromatic carbocycles. The molecule has 0 saturated heterocycles. The Morgan fingerprint density at radius 1 is 1.00 bits per heavy atom. The third-order valence-electron chi connectivity index (χ3n) is 3.63. The van der Waals surface area contributed by atoms with Crippen molar-refractivity contribution in [3.05, 3.63) is 99.2 Å². The topological polar surface area (TPSA) is 69.2 Å². The Labute approximate surface area is 162 Å². The third kappa shape index (κ3) is 4.71. The van der Waals surface area contributed by atoms with E-state index in [1.54, 1.807) is 24.6 Å². The molecular formula is C22H13N2O2S. The molecular weight excluding hydrogens is 356 g/mol. The van der Waals surface area contributed by atoms with E-state index < -0.39 is 4.92 Å². The summed E-state index contributed by atoms with van der Waals surface area (Å²) in [4.78, 5) is 11.8. The number of allylic oxidation sites excluding steroid dienone is 3. The van der Waals surface area contributed by atoms with Crippen molar-refractivity contribution < 1.29 is 4.92 Å². The van der Waals surface area contributed by atoms with Gasteiger partial charge in [0, 0.05) is 34.2 Å². The molecule has 0 unspecified atom stereocenters. The lowest BCUT2D eigenvalue weighted by molar-refractivity contribution is -0.385. The zero-order valence-electron chi connectivity index (χ0n) is 14.1. The number of hydrogen-bond donors (Lipinski definition) is 2. The highest BCUT2D eigenvalue weighted by Crippen LogP contribution is 2.24. The van der Waals surface area contributed by atoms with Crippen LogP contribution in [0.1, 0.15) is 16.7 Å². The van der Waals surface area contributed by atoms with E-state index in [9.17, 15) is 10.1 Å². The van der Waals surface area contributed by atoms with Crippen molar-refractivity contribution in [2.45, 2.75) is 4.90 Å². The van der Waals surface area contributed by atoms with Crippen LogP contribution in [0.4, 0.5) is 11.4 Å². The fourth-order valence-electron chi connectivity index (χ4n) is 2.26. The molecule has 0 amide bonds. The fourth-order valence-corrected chi connectivity index (χ4v) is 2.41. The van der Waals surface area contributed by atoms with Gasteiger partial charge in [0.2, 0.25) is 0 Å². The molecule has 129 valence electrons. The number of hydrogen-bond acceptors (Lipinski definition) is 4. The minimum atomic E-state index is -0.483. The van der Waals surface area contributed by atoms with Gasteiger partial charge in [0.15, 0.2) is 0 Å². The minimum Gasteiger partial charge on any atom is -0.398 e. The summed E-state index contributed by atoms with van der Waals surface area (Å²) in [6.07, 6.45) is 7.01. The van der Waals surface area contributed by atoms with E-state index >= 15 is 0 Å². The van der Waals surface area contributed by atoms with E-state index in [1.165, 1.54) is 12.1 Å². The van der Waals surface area contributed by atoms with Crippen LogP contribution in [0.5, 0.6) is 0 Å². The first-order valence-corrected chi connectivity index (χ1v) is 8.35. The molecule has 27 heavy (non-hydrogen) atoms. The number of anilines is 1. The molecule has 2 N–H and O–H groups in total. The van der Waals surface area contributed by atoms with Crippen molar-refractivity contribution in [3.8, 4) is 23.7 Å². The first kappa shape index (κ1) is 18.2. The van der Waals surface area contributed by atoms with Gasteiger partial charge in [-0.3, -0.25) is 10.1 Å². The molecule has 0 bridgehead atoms. The molecule has 0 fully saturated rings. The molecule has 0 aliphatic heterocycles. The molecule has 2 aromatic rings. The maximum Gasteiger partial charge on any atom is 0.286 e. The molecule has 0 aromatic heterocycles. The maximum absolute atomic E-state index is 11.4. The van der Waals surface area contributed by atoms with Crippen LogP contribution in [0.15, 0.2) is 70.8 Å². The van der Waals surface area contributed by atoms with Gasteiger partial charge in [-0.05, 0) is 48.6 Å². The normalized spacial score (nSPS) is 11.7. The van der Waals surface area contributed by atoms with Crippen molar-refractivity contribution in [2.24, 2.45) is 0 Å². The van der Waals surface area contributed by atoms with Gasteiger partial charge in [-0.25, -0.2) is 0 Å². The number of thiol groups is 1. The van der Waals surface area contributed by atoms with E-state index in [2.05, 4.69) is 42.0 Å². The molecule has 0 heterocycles. The first-order chi connectivity index (χ1) is 13.0. The molecule has 1 aliphatic rings. The summed E-state index contributed by atoms with van der Waals surface area (Å²) in [5, 5.41) is 11.4. The zero-order chi connectivity index (χ0) is 19.2. The number of nitrogens with zero attached hydrogens (tertiary/aromatic N) is 1. The lowest BCUT2D eigenvalue weighted by Crippen LogP contribution is -1.98. The molecule has 3 rings (SSSR count). The number of nitrogen functional groups attached to an aromatic ring is 1. The molecule has 4 nitrogen and oxygen atoms in total. The second kappa shape index (κ2) is 8.17. The minimum absolute atomic E-state index is 0.130. The largest absolute Gasteiger partial charge is 0.398 e. The summed E-state index contributed by atoms with van der Waals surface area (Å²) in [5.74, 6) is 11.5. The summed E-state index contributed by atoms with van der Waals surface area (Å²) in [7, 11) is 0. The Morgan fingerprint density at radius 2 is 1.74 bits per heavy atom. The van der Waals surface area contributed by atoms with E-state index in [-0.39, 0.29) is 11.3 Å². The third-order valence-corrected chi connectivity index (χ3v) is 3.93. The highest BCUT2D eigenvalue weighted by molar-refractivity contribution is 7.80. The van der Waals surface area contributed by atoms with Gasteiger partial charge in [0.1, 0.15) is 5.56 Å². The standard InChI is InChI=1S/C22H13N2O2S/c23-21-14-19(11-7-16-4-2-1-3-5-16)22(24(25)26)15-18(21)10-6-17-8-12-20(27)13-9-17/h2-5,8-9,12-15,27H,23H2. The fraction of sp³-hybridized carbons (Fsp3) is 0. The van der Waals surface area contributed by atoms with Crippen LogP contribution in [0, 0.1) is 40.2 Å². The second-order valence-corrected chi connectivity index (χ2v) is 6.07. The van der Waals surface area contributed by atoms with Crippen molar-refractivity contribution >= 4 is 24.0 Å². The van der Waals surface area contributed by atoms with Crippen molar-refractivity contribution in [1.82, 2.24) is 0 Å². The molecule has 1 aliphatic carbocycles. The molecule has 5 heteroatoms. The van der Waals surface area contributed by atoms with Crippen LogP contribution in [0.25, 0.3) is 0 Å². The number of rotatable bonds is 1. The van der Waals surface area contributed by atoms with Gasteiger partial charge < -0.3 is 5.73 Å². The van der Waals surface area contributed by atoms with Gasteiger partial charge in [0.25, 0.3) is 5.69 Å². The van der Waals surface area contributed by atoms with Crippen LogP contribution >= 0.6 is 12.6 Å². The SMILES string of the molecule is Nc1cc(C#CC2=CC=C=C[CH]2)c([N+](=O)[O-])cc1C#Cc1ccc(S)cc1. The highest BCUT2D eigenvalue weighted by Gasteiger charge is 2.15. The molecule has 1 radical (unpaired) electrons. The van der Waals surface area contributed by atoms with Gasteiger partial charge in [-0.2, -0.15) is 0 Å². The van der Waals surface area contributed by atoms with Crippen molar-refractivity contribution in [1.29, 1.82) is 0 Å². The smallest absolute Gasteiger partial charge is 0.286 e. The van der Waals surface area contributed by atoms with E-state index in [0.29, 0.717) is 11.3 Å². The number of nitrogens with two attached hydrogens (primary N) is 1. The van der Waals surface area contributed by atoms with Crippen LogP contribution in [0.2, 0.25) is 0 Å². The second-order valence-electron chi connectivity index (χ2n) is 5.55. The Bertz CT molecular complexity index is 1130. The van der Waals surface area contributed by atoms with Gasteiger partial charge in [0.05, 0.1) is 10.5 Å². The van der Waals surface area contributed by atoms with E-state index in [1.807, 2.05) is 24.3 Å². The maximum atomic E-state index is 11.4. The van der Waals surface area contributed by atoms with Gasteiger partial charge in [-0.15, -0.1) is 18.4 Å². The predicted molar refractivity (Wildman–Crippen MR) is 109 cm³/mol. The number of nitro benzene ring substituents is 1. The van der Waals surface area contributed by atoms with Crippen LogP contribution in [-0.2, 0) is 0 Å². The number of nitro groups is 1. The number of benzene rings is 2. The molecule has 0 atom stereocenters. The van der Waals surface area contributed by atoms with Gasteiger partial charge >= 0.3 is 0 Å². The highest BCUT2D eigenvalue weighted by atomic mass is 32.1. The van der Waals surface area contributed by atoms with E-state index in [4.69, 9.17) is 5.73 Å². The Kier molecular flexibility index (Phi) is 5.50. The summed E-state index contributed by atoms with van der Waals surface area (Å²) >= 11 is 4.22. The average Bonchev–Trinajstić information content (AvgIpc) is 2.67. The Morgan fingerprint density at radius 3 is 2.41 bits per heavy atom. The van der Waals surface area contributed by atoms with Crippen LogP contribution < -0.4 is 5.73 Å². The zero-order valence-corrected chi connectivity index (χ0v) is 15.0. The summed E-state index contributed by atoms with van der Waals surface area (Å²) in [5.41, 5.74) is 11.3. The summed E-state index contributed by atoms with van der Waals surface area (Å²) in [6, 6.07) is 10.1. The summed E-state index contributed by atoms with van der Waals surface area (Å²) in [6.45, 7) is 0. The van der Waals surface area contributed by atoms with Crippen molar-refractivity contribution in [3.63, 3.8) is 0 Å². The lowest BCUT2D eigenvalue weighted by atomic mass is 10.0. The Balaban J connectivity index is 1.97.